The Morgan fingerprint density at radius 1 is 1.37 bits per heavy atom. The van der Waals surface area contributed by atoms with Crippen molar-refractivity contribution < 1.29 is 15.0 Å². The third-order valence-corrected chi connectivity index (χ3v) is 7.18. The number of hydrogen-bond acceptors (Lipinski definition) is 8. The molecule has 4 N–H and O–H groups in total. The fourth-order valence-corrected chi connectivity index (χ4v) is 4.65. The maximum atomic E-state index is 12.0. The van der Waals surface area contributed by atoms with Crippen molar-refractivity contribution in [1.29, 1.82) is 0 Å². The van der Waals surface area contributed by atoms with E-state index >= 15 is 0 Å². The Balaban J connectivity index is 1.79. The van der Waals surface area contributed by atoms with Gasteiger partial charge in [-0.1, -0.05) is 24.9 Å². The van der Waals surface area contributed by atoms with E-state index in [2.05, 4.69) is 37.4 Å². The van der Waals surface area contributed by atoms with E-state index in [1.165, 1.54) is 42.1 Å². The monoisotopic (exact) mass is 516 g/mol. The standard InChI is InChI=1S/C24H29ClN6O3S/c1-3-4-11-24(34,17(32)12-20(33)26-2)31-14-28-21-22(27-13-15-5-6-15)29-19(30-23(21)31)10-8-16-7-9-18(25)35-16/h7,9,14-15,17,32,34H,3-6,11-13H2,1-2H3,(H,26,33)(H,27,29,30)/t17-,24-/m1/s1. The van der Waals surface area contributed by atoms with E-state index in [1.54, 1.807) is 6.07 Å². The van der Waals surface area contributed by atoms with Crippen molar-refractivity contribution in [2.24, 2.45) is 5.92 Å². The number of thiophene rings is 1. The molecule has 4 rings (SSSR count). The molecule has 3 aromatic rings. The molecule has 0 bridgehead atoms. The fraction of sp³-hybridized carbons (Fsp3) is 0.500. The van der Waals surface area contributed by atoms with Gasteiger partial charge in [-0.2, -0.15) is 0 Å². The lowest BCUT2D eigenvalue weighted by atomic mass is 9.96. The van der Waals surface area contributed by atoms with Gasteiger partial charge in [-0.3, -0.25) is 9.36 Å². The molecule has 0 aromatic carbocycles. The molecule has 0 spiro atoms. The summed E-state index contributed by atoms with van der Waals surface area (Å²) >= 11 is 7.37. The average molecular weight is 517 g/mol. The van der Waals surface area contributed by atoms with Crippen molar-refractivity contribution in [3.8, 4) is 11.8 Å². The lowest BCUT2D eigenvalue weighted by molar-refractivity contribution is -0.152. The number of aliphatic hydroxyl groups excluding tert-OH is 1. The third kappa shape index (κ3) is 5.93. The second-order valence-electron chi connectivity index (χ2n) is 8.74. The minimum Gasteiger partial charge on any atom is -0.388 e. The van der Waals surface area contributed by atoms with Gasteiger partial charge < -0.3 is 20.8 Å². The van der Waals surface area contributed by atoms with E-state index in [-0.39, 0.29) is 24.6 Å². The van der Waals surface area contributed by atoms with Crippen LogP contribution in [0.15, 0.2) is 18.5 Å². The molecule has 3 heterocycles. The summed E-state index contributed by atoms with van der Waals surface area (Å²) in [6, 6.07) is 3.60. The van der Waals surface area contributed by atoms with Crippen LogP contribution in [0.5, 0.6) is 0 Å². The van der Waals surface area contributed by atoms with E-state index in [4.69, 9.17) is 11.6 Å². The van der Waals surface area contributed by atoms with Crippen LogP contribution in [-0.4, -0.2) is 55.3 Å². The number of halogens is 1. The Morgan fingerprint density at radius 3 is 2.83 bits per heavy atom. The quantitative estimate of drug-likeness (QED) is 0.305. The first-order chi connectivity index (χ1) is 16.8. The van der Waals surface area contributed by atoms with E-state index in [0.29, 0.717) is 33.7 Å². The molecule has 3 aromatic heterocycles. The molecule has 1 amide bonds. The van der Waals surface area contributed by atoms with E-state index in [0.717, 1.165) is 17.8 Å². The molecular formula is C24H29ClN6O3S. The van der Waals surface area contributed by atoms with Crippen molar-refractivity contribution in [3.05, 3.63) is 33.5 Å². The molecule has 0 aliphatic heterocycles. The van der Waals surface area contributed by atoms with Crippen LogP contribution >= 0.6 is 22.9 Å². The Kier molecular flexibility index (Phi) is 7.91. The molecule has 11 heteroatoms. The van der Waals surface area contributed by atoms with Gasteiger partial charge in [-0.15, -0.1) is 11.3 Å². The Bertz CT molecular complexity index is 1260. The van der Waals surface area contributed by atoms with Crippen LogP contribution in [0, 0.1) is 17.8 Å². The zero-order valence-corrected chi connectivity index (χ0v) is 21.3. The van der Waals surface area contributed by atoms with Crippen LogP contribution in [0.2, 0.25) is 4.34 Å². The molecule has 0 unspecified atom stereocenters. The average Bonchev–Trinajstić information content (AvgIpc) is 3.43. The third-order valence-electron chi connectivity index (χ3n) is 6.03. The maximum absolute atomic E-state index is 12.0. The first kappa shape index (κ1) is 25.4. The van der Waals surface area contributed by atoms with Crippen LogP contribution in [0.3, 0.4) is 0 Å². The lowest BCUT2D eigenvalue weighted by Gasteiger charge is -2.34. The normalized spacial score (nSPS) is 15.8. The van der Waals surface area contributed by atoms with Gasteiger partial charge in [0, 0.05) is 13.6 Å². The number of aliphatic hydroxyl groups is 2. The van der Waals surface area contributed by atoms with E-state index < -0.39 is 11.8 Å². The first-order valence-electron chi connectivity index (χ1n) is 11.7. The van der Waals surface area contributed by atoms with Gasteiger partial charge in [0.2, 0.25) is 11.7 Å². The van der Waals surface area contributed by atoms with Gasteiger partial charge in [0.05, 0.1) is 22.0 Å². The Labute approximate surface area is 213 Å². The molecular weight excluding hydrogens is 488 g/mol. The van der Waals surface area contributed by atoms with Crippen LogP contribution in [0.4, 0.5) is 5.82 Å². The van der Waals surface area contributed by atoms with Gasteiger partial charge in [-0.05, 0) is 55.6 Å². The topological polar surface area (TPSA) is 125 Å². The molecule has 0 saturated heterocycles. The van der Waals surface area contributed by atoms with Crippen molar-refractivity contribution in [3.63, 3.8) is 0 Å². The van der Waals surface area contributed by atoms with E-state index in [1.807, 2.05) is 13.0 Å². The number of rotatable bonds is 10. The van der Waals surface area contributed by atoms with Crippen LogP contribution in [0.25, 0.3) is 11.2 Å². The predicted molar refractivity (Wildman–Crippen MR) is 136 cm³/mol. The summed E-state index contributed by atoms with van der Waals surface area (Å²) in [6.07, 6.45) is 3.80. The number of anilines is 1. The maximum Gasteiger partial charge on any atom is 0.222 e. The molecule has 2 atom stereocenters. The molecule has 186 valence electrons. The lowest BCUT2D eigenvalue weighted by Crippen LogP contribution is -2.47. The van der Waals surface area contributed by atoms with Gasteiger partial charge in [0.25, 0.3) is 0 Å². The number of nitrogens with zero attached hydrogens (tertiary/aromatic N) is 4. The number of amides is 1. The SMILES string of the molecule is CCCC[C@@](O)([C@H](O)CC(=O)NC)n1cnc2c(NCC3CC3)nc(C#Cc3ccc(Cl)s3)nc21. The number of nitrogens with one attached hydrogen (secondary N) is 2. The Hall–Kier alpha value is -2.71. The summed E-state index contributed by atoms with van der Waals surface area (Å²) < 4.78 is 2.09. The number of fused-ring (bicyclic) bond motifs is 1. The zero-order chi connectivity index (χ0) is 25.0. The number of unbranched alkanes of at least 4 members (excludes halogenated alkanes) is 1. The number of carbonyl (C=O) groups excluding carboxylic acids is 1. The fourth-order valence-electron chi connectivity index (χ4n) is 3.75. The van der Waals surface area contributed by atoms with Gasteiger partial charge in [0.15, 0.2) is 22.7 Å². The molecule has 1 saturated carbocycles. The summed E-state index contributed by atoms with van der Waals surface area (Å²) in [5.74, 6) is 7.01. The summed E-state index contributed by atoms with van der Waals surface area (Å²) in [7, 11) is 1.49. The minimum absolute atomic E-state index is 0.219. The second kappa shape index (κ2) is 10.9. The molecule has 9 nitrogen and oxygen atoms in total. The molecule has 1 aliphatic carbocycles. The molecule has 1 aliphatic rings. The minimum atomic E-state index is -1.79. The molecule has 0 radical (unpaired) electrons. The summed E-state index contributed by atoms with van der Waals surface area (Å²) in [6.45, 7) is 2.75. The number of aromatic nitrogens is 4. The van der Waals surface area contributed by atoms with Crippen molar-refractivity contribution in [2.45, 2.75) is 57.3 Å². The summed E-state index contributed by atoms with van der Waals surface area (Å²) in [4.78, 5) is 26.4. The van der Waals surface area contributed by atoms with Crippen LogP contribution < -0.4 is 10.6 Å². The summed E-state index contributed by atoms with van der Waals surface area (Å²) in [5, 5.41) is 28.5. The smallest absolute Gasteiger partial charge is 0.222 e. The van der Waals surface area contributed by atoms with Gasteiger partial charge >= 0.3 is 0 Å². The number of imidazole rings is 1. The van der Waals surface area contributed by atoms with Gasteiger partial charge in [0.1, 0.15) is 6.10 Å². The number of carbonyl (C=O) groups is 1. The van der Waals surface area contributed by atoms with Crippen LogP contribution in [0.1, 0.15) is 56.2 Å². The highest BCUT2D eigenvalue weighted by Gasteiger charge is 2.40. The second-order valence-corrected chi connectivity index (χ2v) is 10.5. The number of hydrogen-bond donors (Lipinski definition) is 4. The van der Waals surface area contributed by atoms with Crippen molar-refractivity contribution in [2.75, 3.05) is 18.9 Å². The predicted octanol–water partition coefficient (Wildman–Crippen LogP) is 3.10. The van der Waals surface area contributed by atoms with E-state index in [9.17, 15) is 15.0 Å². The van der Waals surface area contributed by atoms with Gasteiger partial charge in [-0.25, -0.2) is 15.0 Å². The Morgan fingerprint density at radius 2 is 2.17 bits per heavy atom. The van der Waals surface area contributed by atoms with Crippen molar-refractivity contribution in [1.82, 2.24) is 24.8 Å². The molecule has 35 heavy (non-hydrogen) atoms. The molecule has 1 fully saturated rings. The van der Waals surface area contributed by atoms with Crippen LogP contribution in [-0.2, 0) is 10.5 Å². The first-order valence-corrected chi connectivity index (χ1v) is 12.9. The highest BCUT2D eigenvalue weighted by atomic mass is 35.5. The summed E-state index contributed by atoms with van der Waals surface area (Å²) in [5.41, 5.74) is -0.982. The largest absolute Gasteiger partial charge is 0.388 e. The highest BCUT2D eigenvalue weighted by molar-refractivity contribution is 7.16. The van der Waals surface area contributed by atoms with Crippen molar-refractivity contribution >= 4 is 45.8 Å². The highest BCUT2D eigenvalue weighted by Crippen LogP contribution is 2.33. The zero-order valence-electron chi connectivity index (χ0n) is 19.7.